The van der Waals surface area contributed by atoms with E-state index in [1.807, 2.05) is 17.5 Å². The number of nitrogens with zero attached hydrogens (tertiary/aromatic N) is 2. The van der Waals surface area contributed by atoms with Crippen LogP contribution in [0.2, 0.25) is 0 Å². The van der Waals surface area contributed by atoms with Crippen LogP contribution in [0.1, 0.15) is 45.0 Å². The zero-order valence-corrected chi connectivity index (χ0v) is 17.2. The normalized spacial score (nSPS) is 13.6. The molecule has 1 fully saturated rings. The Labute approximate surface area is 174 Å². The molecule has 6 heteroatoms. The average Bonchev–Trinajstić information content (AvgIpc) is 3.40. The van der Waals surface area contributed by atoms with Crippen LogP contribution >= 0.6 is 11.3 Å². The van der Waals surface area contributed by atoms with Crippen molar-refractivity contribution in [3.05, 3.63) is 87.1 Å². The highest BCUT2D eigenvalue weighted by atomic mass is 32.1. The van der Waals surface area contributed by atoms with Crippen LogP contribution in [0.25, 0.3) is 0 Å². The molecule has 1 saturated carbocycles. The summed E-state index contributed by atoms with van der Waals surface area (Å²) in [5.74, 6) is -0.316. The summed E-state index contributed by atoms with van der Waals surface area (Å²) in [6.45, 7) is 4.13. The van der Waals surface area contributed by atoms with Crippen LogP contribution in [0, 0.1) is 12.7 Å². The molecule has 1 amide bonds. The molecular formula is C23H24FN3OS. The Hall–Kier alpha value is -2.57. The molecular weight excluding hydrogens is 385 g/mol. The average molecular weight is 410 g/mol. The van der Waals surface area contributed by atoms with Gasteiger partial charge in [-0.05, 0) is 43.0 Å². The summed E-state index contributed by atoms with van der Waals surface area (Å²) in [5.41, 5.74) is 3.97. The molecule has 2 aromatic carbocycles. The molecule has 0 bridgehead atoms. The summed E-state index contributed by atoms with van der Waals surface area (Å²) in [4.78, 5) is 19.0. The smallest absolute Gasteiger partial charge is 0.270 e. The fourth-order valence-electron chi connectivity index (χ4n) is 3.13. The van der Waals surface area contributed by atoms with Crippen LogP contribution in [-0.2, 0) is 19.6 Å². The maximum absolute atomic E-state index is 13.3. The third kappa shape index (κ3) is 5.71. The van der Waals surface area contributed by atoms with E-state index < -0.39 is 0 Å². The molecule has 3 aromatic rings. The van der Waals surface area contributed by atoms with E-state index in [1.165, 1.54) is 34.6 Å². The molecule has 0 atom stereocenters. The van der Waals surface area contributed by atoms with Crippen molar-refractivity contribution in [3.63, 3.8) is 0 Å². The first kappa shape index (κ1) is 19.7. The summed E-state index contributed by atoms with van der Waals surface area (Å²) < 4.78 is 13.3. The van der Waals surface area contributed by atoms with Crippen molar-refractivity contribution >= 4 is 17.2 Å². The van der Waals surface area contributed by atoms with Gasteiger partial charge in [0.15, 0.2) is 0 Å². The predicted octanol–water partition coefficient (Wildman–Crippen LogP) is 4.69. The van der Waals surface area contributed by atoms with Gasteiger partial charge < -0.3 is 5.32 Å². The van der Waals surface area contributed by atoms with Crippen molar-refractivity contribution in [2.24, 2.45) is 0 Å². The fourth-order valence-corrected chi connectivity index (χ4v) is 3.95. The number of aromatic nitrogens is 1. The minimum atomic E-state index is -0.231. The lowest BCUT2D eigenvalue weighted by molar-refractivity contribution is 0.0946. The lowest BCUT2D eigenvalue weighted by Gasteiger charge is -2.21. The Balaban J connectivity index is 1.47. The first-order valence-corrected chi connectivity index (χ1v) is 10.7. The van der Waals surface area contributed by atoms with Crippen LogP contribution in [0.4, 0.5) is 4.39 Å². The van der Waals surface area contributed by atoms with Gasteiger partial charge in [-0.2, -0.15) is 0 Å². The number of hydrogen-bond acceptors (Lipinski definition) is 4. The maximum Gasteiger partial charge on any atom is 0.270 e. The number of aryl methyl sites for hydroxylation is 1. The molecule has 1 aliphatic rings. The third-order valence-electron chi connectivity index (χ3n) is 4.90. The van der Waals surface area contributed by atoms with Crippen LogP contribution < -0.4 is 5.32 Å². The van der Waals surface area contributed by atoms with Crippen LogP contribution in [-0.4, -0.2) is 21.8 Å². The van der Waals surface area contributed by atoms with Gasteiger partial charge in [0, 0.05) is 24.5 Å². The molecule has 0 radical (unpaired) electrons. The minimum Gasteiger partial charge on any atom is -0.348 e. The number of thiazole rings is 1. The molecule has 0 spiro atoms. The number of nitrogens with one attached hydrogen (secondary N) is 1. The summed E-state index contributed by atoms with van der Waals surface area (Å²) in [6.07, 6.45) is 2.12. The molecule has 4 rings (SSSR count). The number of benzene rings is 2. The lowest BCUT2D eigenvalue weighted by atomic mass is 10.1. The third-order valence-corrected chi connectivity index (χ3v) is 5.74. The predicted molar refractivity (Wildman–Crippen MR) is 113 cm³/mol. The van der Waals surface area contributed by atoms with Gasteiger partial charge in [0.25, 0.3) is 5.91 Å². The highest BCUT2D eigenvalue weighted by molar-refractivity contribution is 7.09. The van der Waals surface area contributed by atoms with Gasteiger partial charge in [-0.3, -0.25) is 9.69 Å². The van der Waals surface area contributed by atoms with E-state index in [0.717, 1.165) is 30.0 Å². The Morgan fingerprint density at radius 3 is 2.31 bits per heavy atom. The molecule has 0 saturated heterocycles. The van der Waals surface area contributed by atoms with E-state index in [4.69, 9.17) is 0 Å². The Kier molecular flexibility index (Phi) is 6.02. The van der Waals surface area contributed by atoms with Crippen molar-refractivity contribution in [3.8, 4) is 0 Å². The monoisotopic (exact) mass is 409 g/mol. The fraction of sp³-hybridized carbons (Fsp3) is 0.304. The zero-order valence-electron chi connectivity index (χ0n) is 16.4. The quantitative estimate of drug-likeness (QED) is 0.587. The van der Waals surface area contributed by atoms with Gasteiger partial charge in [0.05, 0.1) is 6.54 Å². The molecule has 1 N–H and O–H groups in total. The topological polar surface area (TPSA) is 45.2 Å². The number of rotatable bonds is 8. The number of hydrogen-bond donors (Lipinski definition) is 1. The highest BCUT2D eigenvalue weighted by Crippen LogP contribution is 2.21. The second-order valence-electron chi connectivity index (χ2n) is 7.63. The van der Waals surface area contributed by atoms with E-state index in [0.29, 0.717) is 24.8 Å². The Morgan fingerprint density at radius 1 is 1.07 bits per heavy atom. The van der Waals surface area contributed by atoms with Crippen molar-refractivity contribution < 1.29 is 9.18 Å². The van der Waals surface area contributed by atoms with E-state index in [-0.39, 0.29) is 11.7 Å². The van der Waals surface area contributed by atoms with E-state index in [2.05, 4.69) is 46.4 Å². The van der Waals surface area contributed by atoms with Crippen LogP contribution in [0.3, 0.4) is 0 Å². The van der Waals surface area contributed by atoms with Gasteiger partial charge in [-0.15, -0.1) is 11.3 Å². The Morgan fingerprint density at radius 2 is 1.69 bits per heavy atom. The van der Waals surface area contributed by atoms with Crippen molar-refractivity contribution in [2.45, 2.75) is 45.4 Å². The lowest BCUT2D eigenvalue weighted by Crippen LogP contribution is -2.26. The summed E-state index contributed by atoms with van der Waals surface area (Å²) >= 11 is 1.51. The first-order chi connectivity index (χ1) is 14.0. The molecule has 29 heavy (non-hydrogen) atoms. The van der Waals surface area contributed by atoms with Crippen LogP contribution in [0.15, 0.2) is 53.9 Å². The molecule has 0 aliphatic heterocycles. The van der Waals surface area contributed by atoms with E-state index in [1.54, 1.807) is 0 Å². The van der Waals surface area contributed by atoms with Gasteiger partial charge in [0.1, 0.15) is 16.5 Å². The largest absolute Gasteiger partial charge is 0.348 e. The number of carbonyl (C=O) groups excluding carboxylic acids is 1. The van der Waals surface area contributed by atoms with Crippen LogP contribution in [0.5, 0.6) is 0 Å². The van der Waals surface area contributed by atoms with Gasteiger partial charge in [-0.25, -0.2) is 9.37 Å². The second-order valence-corrected chi connectivity index (χ2v) is 8.57. The second kappa shape index (κ2) is 8.84. The van der Waals surface area contributed by atoms with Crippen molar-refractivity contribution in [1.82, 2.24) is 15.2 Å². The Bertz CT molecular complexity index is 917. The number of halogens is 1. The molecule has 1 aromatic heterocycles. The summed E-state index contributed by atoms with van der Waals surface area (Å²) in [5, 5.41) is 5.71. The summed E-state index contributed by atoms with van der Waals surface area (Å²) in [7, 11) is 0. The SMILES string of the molecule is Cc1ccc(CN(Cc2ccc(F)cc2)Cc2nc(C(=O)NC3CC3)cs2)cc1. The molecule has 1 aliphatic carbocycles. The molecule has 1 heterocycles. The van der Waals surface area contributed by atoms with Crippen molar-refractivity contribution in [1.29, 1.82) is 0 Å². The molecule has 150 valence electrons. The number of carbonyl (C=O) groups is 1. The van der Waals surface area contributed by atoms with Gasteiger partial charge in [0.2, 0.25) is 0 Å². The van der Waals surface area contributed by atoms with Crippen molar-refractivity contribution in [2.75, 3.05) is 0 Å². The van der Waals surface area contributed by atoms with E-state index >= 15 is 0 Å². The maximum atomic E-state index is 13.3. The first-order valence-electron chi connectivity index (χ1n) is 9.83. The van der Waals surface area contributed by atoms with E-state index in [9.17, 15) is 9.18 Å². The minimum absolute atomic E-state index is 0.0846. The molecule has 0 unspecified atom stereocenters. The zero-order chi connectivity index (χ0) is 20.2. The summed E-state index contributed by atoms with van der Waals surface area (Å²) in [6, 6.07) is 15.4. The molecule has 4 nitrogen and oxygen atoms in total. The van der Waals surface area contributed by atoms with Gasteiger partial charge >= 0.3 is 0 Å². The highest BCUT2D eigenvalue weighted by Gasteiger charge is 2.25. The van der Waals surface area contributed by atoms with Gasteiger partial charge in [-0.1, -0.05) is 42.0 Å². The number of amides is 1. The standard InChI is InChI=1S/C23H24FN3OS/c1-16-2-4-17(5-3-16)12-27(13-18-6-8-19(24)9-7-18)14-22-26-21(15-29-22)23(28)25-20-10-11-20/h2-9,15,20H,10-14H2,1H3,(H,25,28).